The predicted octanol–water partition coefficient (Wildman–Crippen LogP) is 5.69. The summed E-state index contributed by atoms with van der Waals surface area (Å²) in [5.74, 6) is 0. The number of nitrogens with two attached hydrogens (primary N) is 1. The Kier molecular flexibility index (Phi) is 5.65. The molecule has 0 heterocycles. The van der Waals surface area contributed by atoms with Crippen LogP contribution in [0.15, 0.2) is 46.2 Å². The molecule has 0 aliphatic carbocycles. The van der Waals surface area contributed by atoms with Gasteiger partial charge in [0, 0.05) is 25.9 Å². The van der Waals surface area contributed by atoms with Crippen molar-refractivity contribution in [2.75, 3.05) is 0 Å². The zero-order valence-electron chi connectivity index (χ0n) is 10.9. The highest BCUT2D eigenvalue weighted by Gasteiger charge is 2.10. The molecule has 2 aromatic rings. The normalized spacial score (nSPS) is 12.4. The number of hydrogen-bond acceptors (Lipinski definition) is 2. The van der Waals surface area contributed by atoms with E-state index in [1.165, 1.54) is 0 Å². The molecule has 5 heteroatoms. The third-order valence-corrected chi connectivity index (χ3v) is 4.77. The van der Waals surface area contributed by atoms with Crippen molar-refractivity contribution in [1.29, 1.82) is 0 Å². The van der Waals surface area contributed by atoms with E-state index in [1.54, 1.807) is 23.9 Å². The highest BCUT2D eigenvalue weighted by Crippen LogP contribution is 2.37. The molecule has 1 nitrogen and oxygen atoms in total. The minimum absolute atomic E-state index is 0.0719. The van der Waals surface area contributed by atoms with Gasteiger partial charge >= 0.3 is 0 Å². The predicted molar refractivity (Wildman–Crippen MR) is 89.4 cm³/mol. The van der Waals surface area contributed by atoms with Crippen LogP contribution in [0, 0.1) is 0 Å². The van der Waals surface area contributed by atoms with Gasteiger partial charge in [-0.3, -0.25) is 0 Å². The Hall–Kier alpha value is -0.380. The fourth-order valence-corrected chi connectivity index (χ4v) is 3.49. The van der Waals surface area contributed by atoms with Crippen LogP contribution >= 0.6 is 46.6 Å². The lowest BCUT2D eigenvalue weighted by Crippen LogP contribution is -2.18. The second kappa shape index (κ2) is 7.06. The van der Waals surface area contributed by atoms with Crippen molar-refractivity contribution in [3.05, 3.63) is 57.0 Å². The molecule has 2 N–H and O–H groups in total. The summed E-state index contributed by atoms with van der Waals surface area (Å²) in [6.07, 6.45) is 0.765. The zero-order valence-corrected chi connectivity index (χ0v) is 14.0. The summed E-state index contributed by atoms with van der Waals surface area (Å²) < 4.78 is 0. The van der Waals surface area contributed by atoms with Crippen molar-refractivity contribution in [3.63, 3.8) is 0 Å². The molecular weight excluding hydrogens is 333 g/mol. The molecule has 1 unspecified atom stereocenters. The van der Waals surface area contributed by atoms with Crippen molar-refractivity contribution in [3.8, 4) is 0 Å². The van der Waals surface area contributed by atoms with Gasteiger partial charge in [0.15, 0.2) is 0 Å². The van der Waals surface area contributed by atoms with Crippen LogP contribution in [0.1, 0.15) is 12.5 Å². The number of halogens is 3. The molecular formula is C15H14Cl3NS. The Morgan fingerprint density at radius 1 is 1.00 bits per heavy atom. The van der Waals surface area contributed by atoms with E-state index in [9.17, 15) is 0 Å². The Morgan fingerprint density at radius 2 is 1.65 bits per heavy atom. The first-order valence-corrected chi connectivity index (χ1v) is 8.07. The molecule has 0 fully saturated rings. The average Bonchev–Trinajstić information content (AvgIpc) is 2.36. The van der Waals surface area contributed by atoms with E-state index >= 15 is 0 Å². The average molecular weight is 347 g/mol. The van der Waals surface area contributed by atoms with Gasteiger partial charge in [0.05, 0.1) is 5.02 Å². The van der Waals surface area contributed by atoms with Crippen LogP contribution in [0.5, 0.6) is 0 Å². The van der Waals surface area contributed by atoms with Gasteiger partial charge in [-0.25, -0.2) is 0 Å². The summed E-state index contributed by atoms with van der Waals surface area (Å²) in [7, 11) is 0. The van der Waals surface area contributed by atoms with Gasteiger partial charge in [-0.15, -0.1) is 0 Å². The van der Waals surface area contributed by atoms with Crippen LogP contribution in [-0.2, 0) is 6.42 Å². The van der Waals surface area contributed by atoms with Crippen molar-refractivity contribution >= 4 is 46.6 Å². The first kappa shape index (κ1) is 16.0. The minimum atomic E-state index is 0.0719. The Labute approximate surface area is 138 Å². The lowest BCUT2D eigenvalue weighted by atomic mass is 10.1. The summed E-state index contributed by atoms with van der Waals surface area (Å²) >= 11 is 19.9. The molecule has 0 bridgehead atoms. The van der Waals surface area contributed by atoms with Crippen LogP contribution in [0.3, 0.4) is 0 Å². The molecule has 0 aliphatic rings. The summed E-state index contributed by atoms with van der Waals surface area (Å²) in [4.78, 5) is 2.02. The highest BCUT2D eigenvalue weighted by molar-refractivity contribution is 7.99. The van der Waals surface area contributed by atoms with E-state index in [2.05, 4.69) is 0 Å². The summed E-state index contributed by atoms with van der Waals surface area (Å²) in [5, 5.41) is 2.06. The van der Waals surface area contributed by atoms with Crippen LogP contribution in [0.2, 0.25) is 15.1 Å². The third-order valence-electron chi connectivity index (χ3n) is 2.68. The fourth-order valence-electron chi connectivity index (χ4n) is 1.83. The standard InChI is InChI=1S/C15H14Cl3NS/c1-9(19)6-10-7-11(16)3-5-14(10)20-15-8-12(17)2-4-13(15)18/h2-5,7-9H,6,19H2,1H3. The quantitative estimate of drug-likeness (QED) is 0.769. The minimum Gasteiger partial charge on any atom is -0.328 e. The van der Waals surface area contributed by atoms with E-state index in [0.29, 0.717) is 15.1 Å². The number of hydrogen-bond donors (Lipinski definition) is 1. The maximum Gasteiger partial charge on any atom is 0.0546 e. The first-order valence-electron chi connectivity index (χ1n) is 6.12. The molecule has 0 amide bonds. The largest absolute Gasteiger partial charge is 0.328 e. The SMILES string of the molecule is CC(N)Cc1cc(Cl)ccc1Sc1cc(Cl)ccc1Cl. The van der Waals surface area contributed by atoms with Gasteiger partial charge in [0.25, 0.3) is 0 Å². The molecule has 2 rings (SSSR count). The highest BCUT2D eigenvalue weighted by atomic mass is 35.5. The molecule has 20 heavy (non-hydrogen) atoms. The topological polar surface area (TPSA) is 26.0 Å². The Bertz CT molecular complexity index is 614. The fraction of sp³-hybridized carbons (Fsp3) is 0.200. The van der Waals surface area contributed by atoms with Gasteiger partial charge in [0.2, 0.25) is 0 Å². The van der Waals surface area contributed by atoms with Gasteiger partial charge in [-0.05, 0) is 55.3 Å². The summed E-state index contributed by atoms with van der Waals surface area (Å²) in [6, 6.07) is 11.3. The maximum atomic E-state index is 6.21. The summed E-state index contributed by atoms with van der Waals surface area (Å²) in [6.45, 7) is 1.97. The third kappa shape index (κ3) is 4.31. The van der Waals surface area contributed by atoms with Crippen molar-refractivity contribution in [2.45, 2.75) is 29.2 Å². The van der Waals surface area contributed by atoms with Crippen LogP contribution < -0.4 is 5.73 Å². The Morgan fingerprint density at radius 3 is 2.35 bits per heavy atom. The Balaban J connectivity index is 2.35. The lowest BCUT2D eigenvalue weighted by Gasteiger charge is -2.13. The van der Waals surface area contributed by atoms with Gasteiger partial charge < -0.3 is 5.73 Å². The molecule has 0 aromatic heterocycles. The first-order chi connectivity index (χ1) is 9.45. The smallest absolute Gasteiger partial charge is 0.0546 e. The van der Waals surface area contributed by atoms with Crippen LogP contribution in [-0.4, -0.2) is 6.04 Å². The monoisotopic (exact) mass is 345 g/mol. The second-order valence-electron chi connectivity index (χ2n) is 4.61. The molecule has 2 aromatic carbocycles. The van der Waals surface area contributed by atoms with E-state index in [0.717, 1.165) is 21.8 Å². The van der Waals surface area contributed by atoms with Crippen LogP contribution in [0.4, 0.5) is 0 Å². The lowest BCUT2D eigenvalue weighted by molar-refractivity contribution is 0.729. The molecule has 0 spiro atoms. The maximum absolute atomic E-state index is 6.21. The molecule has 0 saturated carbocycles. The van der Waals surface area contributed by atoms with Crippen molar-refractivity contribution in [1.82, 2.24) is 0 Å². The van der Waals surface area contributed by atoms with Gasteiger partial charge in [-0.1, -0.05) is 46.6 Å². The summed E-state index contributed by atoms with van der Waals surface area (Å²) in [5.41, 5.74) is 7.01. The molecule has 0 saturated heterocycles. The molecule has 0 radical (unpaired) electrons. The molecule has 1 atom stereocenters. The van der Waals surface area contributed by atoms with E-state index in [1.807, 2.05) is 31.2 Å². The molecule has 0 aliphatic heterocycles. The second-order valence-corrected chi connectivity index (χ2v) is 6.97. The number of rotatable bonds is 4. The zero-order chi connectivity index (χ0) is 14.7. The van der Waals surface area contributed by atoms with Gasteiger partial charge in [-0.2, -0.15) is 0 Å². The van der Waals surface area contributed by atoms with E-state index < -0.39 is 0 Å². The van der Waals surface area contributed by atoms with Crippen molar-refractivity contribution < 1.29 is 0 Å². The van der Waals surface area contributed by atoms with Crippen LogP contribution in [0.25, 0.3) is 0 Å². The van der Waals surface area contributed by atoms with Crippen molar-refractivity contribution in [2.24, 2.45) is 5.73 Å². The van der Waals surface area contributed by atoms with E-state index in [-0.39, 0.29) is 6.04 Å². The van der Waals surface area contributed by atoms with E-state index in [4.69, 9.17) is 40.5 Å². The van der Waals surface area contributed by atoms with Gasteiger partial charge in [0.1, 0.15) is 0 Å². The molecule has 106 valence electrons. The number of benzene rings is 2.